The third kappa shape index (κ3) is 2.91. The molecule has 0 aliphatic carbocycles. The van der Waals surface area contributed by atoms with Crippen LogP contribution in [0.2, 0.25) is 0 Å². The van der Waals surface area contributed by atoms with Crippen LogP contribution in [0.25, 0.3) is 10.9 Å². The van der Waals surface area contributed by atoms with Gasteiger partial charge in [-0.05, 0) is 30.3 Å². The number of aromatic nitrogens is 2. The Morgan fingerprint density at radius 2 is 2.09 bits per heavy atom. The van der Waals surface area contributed by atoms with E-state index >= 15 is 0 Å². The van der Waals surface area contributed by atoms with Crippen molar-refractivity contribution < 1.29 is 9.90 Å². The molecule has 6 nitrogen and oxygen atoms in total. The molecule has 0 unspecified atom stereocenters. The normalized spacial score (nSPS) is 10.6. The number of carbonyl (C=O) groups excluding carboxylic acids is 1. The predicted octanol–water partition coefficient (Wildman–Crippen LogP) is 2.03. The first kappa shape index (κ1) is 14.1. The van der Waals surface area contributed by atoms with Gasteiger partial charge in [0.15, 0.2) is 0 Å². The molecular weight excluding hydrogens is 280 g/mol. The maximum absolute atomic E-state index is 12.1. The number of aliphatic hydroxyl groups is 1. The van der Waals surface area contributed by atoms with Gasteiger partial charge in [-0.2, -0.15) is 5.10 Å². The summed E-state index contributed by atoms with van der Waals surface area (Å²) in [5, 5.41) is 22.6. The highest BCUT2D eigenvalue weighted by Crippen LogP contribution is 2.23. The summed E-state index contributed by atoms with van der Waals surface area (Å²) in [6.45, 7) is 0.145. The number of nitrogens with zero attached hydrogens (tertiary/aromatic N) is 1. The molecule has 3 aromatic rings. The molecule has 0 bridgehead atoms. The van der Waals surface area contributed by atoms with E-state index in [1.54, 1.807) is 18.3 Å². The number of aromatic amines is 1. The molecule has 0 fully saturated rings. The molecule has 0 atom stereocenters. The van der Waals surface area contributed by atoms with E-state index in [1.807, 2.05) is 30.3 Å². The molecule has 112 valence electrons. The molecule has 0 saturated carbocycles. The Morgan fingerprint density at radius 1 is 1.23 bits per heavy atom. The standard InChI is InChI=1S/C16H16N4O2/c21-8-7-17-16(22)13-3-1-2-4-15(13)19-12-5-6-14-11(9-12)10-18-20-14/h1-6,9-10,19,21H,7-8H2,(H,17,22)(H,18,20). The fourth-order valence-corrected chi connectivity index (χ4v) is 2.23. The molecule has 0 saturated heterocycles. The summed E-state index contributed by atoms with van der Waals surface area (Å²) < 4.78 is 0. The summed E-state index contributed by atoms with van der Waals surface area (Å²) in [6.07, 6.45) is 1.75. The summed E-state index contributed by atoms with van der Waals surface area (Å²) in [5.74, 6) is -0.221. The molecule has 4 N–H and O–H groups in total. The van der Waals surface area contributed by atoms with E-state index in [0.717, 1.165) is 16.6 Å². The first-order valence-corrected chi connectivity index (χ1v) is 6.96. The quantitative estimate of drug-likeness (QED) is 0.580. The van der Waals surface area contributed by atoms with Crippen molar-refractivity contribution in [3.8, 4) is 0 Å². The second-order valence-corrected chi connectivity index (χ2v) is 4.82. The number of para-hydroxylation sites is 1. The van der Waals surface area contributed by atoms with Gasteiger partial charge in [0.25, 0.3) is 5.91 Å². The lowest BCUT2D eigenvalue weighted by Crippen LogP contribution is -2.26. The van der Waals surface area contributed by atoms with Gasteiger partial charge in [-0.1, -0.05) is 12.1 Å². The van der Waals surface area contributed by atoms with Crippen LogP contribution in [0.4, 0.5) is 11.4 Å². The molecule has 1 amide bonds. The van der Waals surface area contributed by atoms with Gasteiger partial charge in [0.2, 0.25) is 0 Å². The Balaban J connectivity index is 1.86. The van der Waals surface area contributed by atoms with E-state index < -0.39 is 0 Å². The SMILES string of the molecule is O=C(NCCO)c1ccccc1Nc1ccc2[nH]ncc2c1. The highest BCUT2D eigenvalue weighted by atomic mass is 16.3. The van der Waals surface area contributed by atoms with Crippen LogP contribution in [0.1, 0.15) is 10.4 Å². The van der Waals surface area contributed by atoms with Crippen molar-refractivity contribution in [2.75, 3.05) is 18.5 Å². The number of carbonyl (C=O) groups is 1. The number of fused-ring (bicyclic) bond motifs is 1. The van der Waals surface area contributed by atoms with Crippen LogP contribution in [0.5, 0.6) is 0 Å². The van der Waals surface area contributed by atoms with Gasteiger partial charge in [-0.25, -0.2) is 0 Å². The van der Waals surface area contributed by atoms with E-state index in [2.05, 4.69) is 20.8 Å². The minimum Gasteiger partial charge on any atom is -0.395 e. The van der Waals surface area contributed by atoms with Gasteiger partial charge in [-0.3, -0.25) is 9.89 Å². The van der Waals surface area contributed by atoms with Crippen molar-refractivity contribution in [3.63, 3.8) is 0 Å². The average molecular weight is 296 g/mol. The lowest BCUT2D eigenvalue weighted by Gasteiger charge is -2.12. The zero-order valence-electron chi connectivity index (χ0n) is 11.8. The van der Waals surface area contributed by atoms with Crippen molar-refractivity contribution >= 4 is 28.2 Å². The molecule has 0 aliphatic heterocycles. The number of rotatable bonds is 5. The maximum Gasteiger partial charge on any atom is 0.253 e. The molecule has 0 radical (unpaired) electrons. The largest absolute Gasteiger partial charge is 0.395 e. The summed E-state index contributed by atoms with van der Waals surface area (Å²) in [5.41, 5.74) is 3.07. The van der Waals surface area contributed by atoms with Gasteiger partial charge in [0.05, 0.1) is 29.6 Å². The Hall–Kier alpha value is -2.86. The Kier molecular flexibility index (Phi) is 4.02. The fourth-order valence-electron chi connectivity index (χ4n) is 2.23. The summed E-state index contributed by atoms with van der Waals surface area (Å²) >= 11 is 0. The van der Waals surface area contributed by atoms with Crippen molar-refractivity contribution in [2.24, 2.45) is 0 Å². The Labute approximate surface area is 127 Å². The van der Waals surface area contributed by atoms with Crippen LogP contribution >= 0.6 is 0 Å². The van der Waals surface area contributed by atoms with E-state index in [0.29, 0.717) is 11.3 Å². The lowest BCUT2D eigenvalue weighted by molar-refractivity contribution is 0.0945. The van der Waals surface area contributed by atoms with Crippen molar-refractivity contribution in [2.45, 2.75) is 0 Å². The Morgan fingerprint density at radius 3 is 2.95 bits per heavy atom. The fraction of sp³-hybridized carbons (Fsp3) is 0.125. The summed E-state index contributed by atoms with van der Waals surface area (Å²) in [6, 6.07) is 13.1. The molecular formula is C16H16N4O2. The van der Waals surface area contributed by atoms with Gasteiger partial charge < -0.3 is 15.7 Å². The molecule has 3 rings (SSSR count). The number of hydrogen-bond acceptors (Lipinski definition) is 4. The van der Waals surface area contributed by atoms with Crippen molar-refractivity contribution in [1.29, 1.82) is 0 Å². The average Bonchev–Trinajstić information content (AvgIpc) is 3.01. The van der Waals surface area contributed by atoms with Crippen LogP contribution < -0.4 is 10.6 Å². The maximum atomic E-state index is 12.1. The number of H-pyrrole nitrogens is 1. The lowest BCUT2D eigenvalue weighted by atomic mass is 10.1. The number of hydrogen-bond donors (Lipinski definition) is 4. The minimum atomic E-state index is -0.221. The molecule has 0 aliphatic rings. The summed E-state index contributed by atoms with van der Waals surface area (Å²) in [4.78, 5) is 12.1. The summed E-state index contributed by atoms with van der Waals surface area (Å²) in [7, 11) is 0. The molecule has 0 spiro atoms. The van der Waals surface area contributed by atoms with Gasteiger partial charge in [0, 0.05) is 17.6 Å². The first-order valence-electron chi connectivity index (χ1n) is 6.96. The minimum absolute atomic E-state index is 0.0848. The smallest absolute Gasteiger partial charge is 0.253 e. The van der Waals surface area contributed by atoms with E-state index in [1.165, 1.54) is 0 Å². The third-order valence-electron chi connectivity index (χ3n) is 3.29. The zero-order valence-corrected chi connectivity index (χ0v) is 11.8. The number of amides is 1. The third-order valence-corrected chi connectivity index (χ3v) is 3.29. The molecule has 2 aromatic carbocycles. The van der Waals surface area contributed by atoms with E-state index in [9.17, 15) is 4.79 Å². The van der Waals surface area contributed by atoms with Crippen LogP contribution in [-0.2, 0) is 0 Å². The highest BCUT2D eigenvalue weighted by Gasteiger charge is 2.10. The molecule has 1 aromatic heterocycles. The molecule has 22 heavy (non-hydrogen) atoms. The predicted molar refractivity (Wildman–Crippen MR) is 85.2 cm³/mol. The van der Waals surface area contributed by atoms with Gasteiger partial charge in [0.1, 0.15) is 0 Å². The van der Waals surface area contributed by atoms with E-state index in [4.69, 9.17) is 5.11 Å². The molecule has 1 heterocycles. The first-order chi connectivity index (χ1) is 10.8. The Bertz CT molecular complexity index is 797. The van der Waals surface area contributed by atoms with Gasteiger partial charge in [-0.15, -0.1) is 0 Å². The van der Waals surface area contributed by atoms with Crippen molar-refractivity contribution in [3.05, 3.63) is 54.2 Å². The van der Waals surface area contributed by atoms with Crippen LogP contribution in [0.15, 0.2) is 48.7 Å². The van der Waals surface area contributed by atoms with Crippen LogP contribution in [0, 0.1) is 0 Å². The monoisotopic (exact) mass is 296 g/mol. The molecule has 6 heteroatoms. The van der Waals surface area contributed by atoms with Crippen LogP contribution in [-0.4, -0.2) is 34.4 Å². The van der Waals surface area contributed by atoms with Gasteiger partial charge >= 0.3 is 0 Å². The number of anilines is 2. The number of aliphatic hydroxyl groups excluding tert-OH is 1. The van der Waals surface area contributed by atoms with Crippen LogP contribution in [0.3, 0.4) is 0 Å². The zero-order chi connectivity index (χ0) is 15.4. The number of nitrogens with one attached hydrogen (secondary N) is 3. The second-order valence-electron chi connectivity index (χ2n) is 4.82. The highest BCUT2D eigenvalue weighted by molar-refractivity contribution is 6.00. The van der Waals surface area contributed by atoms with E-state index in [-0.39, 0.29) is 19.1 Å². The number of benzene rings is 2. The topological polar surface area (TPSA) is 90.0 Å². The van der Waals surface area contributed by atoms with Crippen molar-refractivity contribution in [1.82, 2.24) is 15.5 Å². The second kappa shape index (κ2) is 6.28.